The number of rotatable bonds is 4. The molecule has 0 unspecified atom stereocenters. The Labute approximate surface area is 139 Å². The van der Waals surface area contributed by atoms with Crippen LogP contribution in [0, 0.1) is 5.92 Å². The first-order valence-corrected chi connectivity index (χ1v) is 8.95. The highest BCUT2D eigenvalue weighted by atomic mass is 16.7. The van der Waals surface area contributed by atoms with E-state index in [1.165, 1.54) is 18.5 Å². The highest BCUT2D eigenvalue weighted by Crippen LogP contribution is 2.42. The Morgan fingerprint density at radius 2 is 1.83 bits per heavy atom. The maximum absolute atomic E-state index is 6.26. The minimum absolute atomic E-state index is 0.297. The summed E-state index contributed by atoms with van der Waals surface area (Å²) >= 11 is 0. The van der Waals surface area contributed by atoms with Crippen LogP contribution in [0.3, 0.4) is 0 Å². The van der Waals surface area contributed by atoms with Crippen LogP contribution in [0.25, 0.3) is 0 Å². The molecule has 2 N–H and O–H groups in total. The van der Waals surface area contributed by atoms with E-state index in [1.54, 1.807) is 0 Å². The molecule has 0 amide bonds. The average Bonchev–Trinajstić information content (AvgIpc) is 3.11. The Balaban J connectivity index is 1.60. The maximum atomic E-state index is 6.26. The lowest BCUT2D eigenvalue weighted by molar-refractivity contribution is 0.00578. The number of hydrogen-bond donors (Lipinski definition) is 1. The minimum Gasteiger partial charge on any atom is -0.399 e. The van der Waals surface area contributed by atoms with E-state index < -0.39 is 0 Å². The van der Waals surface area contributed by atoms with Crippen LogP contribution in [0.4, 0.5) is 0 Å². The molecule has 0 bridgehead atoms. The van der Waals surface area contributed by atoms with Gasteiger partial charge in [-0.25, -0.2) is 0 Å². The van der Waals surface area contributed by atoms with Crippen LogP contribution in [0.2, 0.25) is 0 Å². The van der Waals surface area contributed by atoms with Gasteiger partial charge in [-0.2, -0.15) is 5.10 Å². The van der Waals surface area contributed by atoms with Crippen molar-refractivity contribution >= 4 is 12.6 Å². The molecular weight excluding hydrogens is 289 g/mol. The topological polar surface area (TPSA) is 62.3 Å². The van der Waals surface area contributed by atoms with Crippen LogP contribution in [0.1, 0.15) is 71.0 Å². The van der Waals surface area contributed by atoms with Gasteiger partial charge in [-0.15, -0.1) is 0 Å². The summed E-state index contributed by atoms with van der Waals surface area (Å²) in [5.41, 5.74) is 7.48. The van der Waals surface area contributed by atoms with E-state index in [0.29, 0.717) is 17.9 Å². The first-order valence-electron chi connectivity index (χ1n) is 8.95. The predicted octanol–water partition coefficient (Wildman–Crippen LogP) is 1.97. The Morgan fingerprint density at radius 1 is 1.22 bits per heavy atom. The van der Waals surface area contributed by atoms with Gasteiger partial charge in [0.05, 0.1) is 22.9 Å². The van der Waals surface area contributed by atoms with Gasteiger partial charge in [0.25, 0.3) is 0 Å². The molecule has 3 aliphatic rings. The van der Waals surface area contributed by atoms with Crippen molar-refractivity contribution < 1.29 is 9.31 Å². The van der Waals surface area contributed by atoms with Crippen molar-refractivity contribution in [2.75, 3.05) is 6.54 Å². The van der Waals surface area contributed by atoms with E-state index in [0.717, 1.165) is 24.8 Å². The molecule has 0 atom stereocenters. The van der Waals surface area contributed by atoms with Gasteiger partial charge in [0.1, 0.15) is 0 Å². The van der Waals surface area contributed by atoms with Gasteiger partial charge in [-0.05, 0) is 65.8 Å². The third kappa shape index (κ3) is 2.55. The van der Waals surface area contributed by atoms with Crippen molar-refractivity contribution in [3.05, 3.63) is 11.9 Å². The fourth-order valence-corrected chi connectivity index (χ4v) is 3.54. The molecule has 1 aromatic rings. The maximum Gasteiger partial charge on any atom is 0.498 e. The van der Waals surface area contributed by atoms with E-state index in [1.807, 2.05) is 0 Å². The Morgan fingerprint density at radius 3 is 2.35 bits per heavy atom. The monoisotopic (exact) mass is 317 g/mol. The summed E-state index contributed by atoms with van der Waals surface area (Å²) < 4.78 is 14.7. The van der Waals surface area contributed by atoms with Crippen LogP contribution >= 0.6 is 0 Å². The number of aromatic nitrogens is 2. The van der Waals surface area contributed by atoms with E-state index in [2.05, 4.69) is 38.6 Å². The number of nitrogens with two attached hydrogens (primary N) is 1. The molecule has 0 radical (unpaired) electrons. The minimum atomic E-state index is -0.304. The zero-order valence-electron chi connectivity index (χ0n) is 14.7. The molecule has 1 saturated heterocycles. The normalized spacial score (nSPS) is 32.1. The molecule has 0 spiro atoms. The number of nitrogens with zero attached hydrogens (tertiary/aromatic N) is 2. The molecule has 2 aliphatic carbocycles. The largest absolute Gasteiger partial charge is 0.498 e. The summed E-state index contributed by atoms with van der Waals surface area (Å²) in [6.45, 7) is 9.20. The van der Waals surface area contributed by atoms with Crippen molar-refractivity contribution in [3.63, 3.8) is 0 Å². The van der Waals surface area contributed by atoms with E-state index >= 15 is 0 Å². The second-order valence-corrected chi connectivity index (χ2v) is 8.54. The van der Waals surface area contributed by atoms with Crippen molar-refractivity contribution in [3.8, 4) is 0 Å². The molecule has 5 nitrogen and oxygen atoms in total. The predicted molar refractivity (Wildman–Crippen MR) is 90.7 cm³/mol. The highest BCUT2D eigenvalue weighted by Gasteiger charge is 2.53. The van der Waals surface area contributed by atoms with Crippen molar-refractivity contribution in [2.45, 2.75) is 76.5 Å². The average molecular weight is 317 g/mol. The molecule has 1 aromatic heterocycles. The quantitative estimate of drug-likeness (QED) is 0.863. The Kier molecular flexibility index (Phi) is 3.46. The lowest BCUT2D eigenvalue weighted by atomic mass is 9.78. The fraction of sp³-hybridized carbons (Fsp3) is 0.824. The van der Waals surface area contributed by atoms with Gasteiger partial charge in [-0.3, -0.25) is 4.68 Å². The lowest BCUT2D eigenvalue weighted by Gasteiger charge is -2.34. The zero-order chi connectivity index (χ0) is 16.4. The molecule has 0 aromatic carbocycles. The summed E-state index contributed by atoms with van der Waals surface area (Å²) in [5.74, 6) is 1.25. The van der Waals surface area contributed by atoms with Crippen LogP contribution in [-0.2, 0) is 9.31 Å². The van der Waals surface area contributed by atoms with Crippen LogP contribution in [-0.4, -0.2) is 34.6 Å². The third-order valence-corrected chi connectivity index (χ3v) is 6.18. The van der Waals surface area contributed by atoms with E-state index in [4.69, 9.17) is 20.1 Å². The van der Waals surface area contributed by atoms with Gasteiger partial charge in [-0.1, -0.05) is 0 Å². The van der Waals surface area contributed by atoms with Gasteiger partial charge >= 0.3 is 7.12 Å². The third-order valence-electron chi connectivity index (χ3n) is 6.18. The highest BCUT2D eigenvalue weighted by molar-refractivity contribution is 6.62. The van der Waals surface area contributed by atoms with Crippen LogP contribution < -0.4 is 11.2 Å². The van der Waals surface area contributed by atoms with Crippen molar-refractivity contribution in [1.29, 1.82) is 0 Å². The molecular formula is C17H28BN3O2. The second kappa shape index (κ2) is 5.07. The smallest absolute Gasteiger partial charge is 0.399 e. The van der Waals surface area contributed by atoms with Gasteiger partial charge in [0, 0.05) is 17.6 Å². The lowest BCUT2D eigenvalue weighted by Crippen LogP contribution is -2.41. The number of hydrogen-bond acceptors (Lipinski definition) is 4. The SMILES string of the molecule is CC1(C)OB(c2cn([C@H]3C[C@H](CN)C3)nc2C2CC2)OC1(C)C. The second-order valence-electron chi connectivity index (χ2n) is 8.54. The molecule has 1 aliphatic heterocycles. The summed E-state index contributed by atoms with van der Waals surface area (Å²) in [6.07, 6.45) is 6.93. The van der Waals surface area contributed by atoms with Crippen molar-refractivity contribution in [2.24, 2.45) is 11.7 Å². The molecule has 6 heteroatoms. The summed E-state index contributed by atoms with van der Waals surface area (Å²) in [5, 5.41) is 4.92. The van der Waals surface area contributed by atoms with Gasteiger partial charge < -0.3 is 15.0 Å². The first-order chi connectivity index (χ1) is 10.8. The van der Waals surface area contributed by atoms with Gasteiger partial charge in [0.2, 0.25) is 0 Å². The molecule has 3 fully saturated rings. The Bertz CT molecular complexity index is 587. The molecule has 4 rings (SSSR count). The summed E-state index contributed by atoms with van der Waals surface area (Å²) in [7, 11) is -0.297. The summed E-state index contributed by atoms with van der Waals surface area (Å²) in [6, 6.07) is 0.497. The molecule has 2 heterocycles. The van der Waals surface area contributed by atoms with Crippen molar-refractivity contribution in [1.82, 2.24) is 9.78 Å². The zero-order valence-corrected chi connectivity index (χ0v) is 14.7. The molecule has 23 heavy (non-hydrogen) atoms. The van der Waals surface area contributed by atoms with Crippen LogP contribution in [0.5, 0.6) is 0 Å². The summed E-state index contributed by atoms with van der Waals surface area (Å²) in [4.78, 5) is 0. The molecule has 2 saturated carbocycles. The Hall–Kier alpha value is -0.845. The molecule has 126 valence electrons. The van der Waals surface area contributed by atoms with E-state index in [9.17, 15) is 0 Å². The van der Waals surface area contributed by atoms with Crippen LogP contribution in [0.15, 0.2) is 6.20 Å². The van der Waals surface area contributed by atoms with E-state index in [-0.39, 0.29) is 18.3 Å². The van der Waals surface area contributed by atoms with Gasteiger partial charge in [0.15, 0.2) is 0 Å². The first kappa shape index (κ1) is 15.7. The fourth-order valence-electron chi connectivity index (χ4n) is 3.54. The standard InChI is InChI=1S/C17H28BN3O2/c1-16(2)17(3,4)23-18(22-16)14-10-21(13-7-11(8-13)9-19)20-15(14)12-5-6-12/h10-13H,5-9,19H2,1-4H3/t11-,13-.